The van der Waals surface area contributed by atoms with Crippen LogP contribution in [0.1, 0.15) is 41.2 Å². The van der Waals surface area contributed by atoms with Crippen LogP contribution in [-0.4, -0.2) is 72.4 Å². The quantitative estimate of drug-likeness (QED) is 0.757. The van der Waals surface area contributed by atoms with E-state index in [1.807, 2.05) is 35.2 Å². The molecule has 4 rings (SSSR count). The van der Waals surface area contributed by atoms with E-state index in [1.54, 1.807) is 12.0 Å². The predicted molar refractivity (Wildman–Crippen MR) is 115 cm³/mol. The van der Waals surface area contributed by atoms with Crippen LogP contribution in [0.2, 0.25) is 0 Å². The maximum absolute atomic E-state index is 13.0. The third-order valence-electron chi connectivity index (χ3n) is 6.34. The van der Waals surface area contributed by atoms with Gasteiger partial charge in [0.25, 0.3) is 5.91 Å². The summed E-state index contributed by atoms with van der Waals surface area (Å²) in [5.41, 5.74) is 7.66. The fraction of sp³-hybridized carbons (Fsp3) is 0.478. The van der Waals surface area contributed by atoms with Crippen molar-refractivity contribution in [1.82, 2.24) is 14.8 Å². The Morgan fingerprint density at radius 1 is 1.23 bits per heavy atom. The fourth-order valence-corrected chi connectivity index (χ4v) is 4.63. The van der Waals surface area contributed by atoms with Crippen LogP contribution in [0.25, 0.3) is 10.9 Å². The molecular weight excluding hydrogens is 396 g/mol. The molecule has 3 heterocycles. The number of carbonyl (C=O) groups is 3. The van der Waals surface area contributed by atoms with Crippen LogP contribution in [0.15, 0.2) is 30.3 Å². The fourth-order valence-electron chi connectivity index (χ4n) is 4.63. The molecule has 2 aliphatic heterocycles. The first-order chi connectivity index (χ1) is 15.0. The number of aromatic nitrogens is 1. The Hall–Kier alpha value is -3.00. The first-order valence-electron chi connectivity index (χ1n) is 10.7. The third-order valence-corrected chi connectivity index (χ3v) is 6.34. The summed E-state index contributed by atoms with van der Waals surface area (Å²) in [5, 5.41) is 0.886. The number of rotatable bonds is 6. The lowest BCUT2D eigenvalue weighted by Crippen LogP contribution is -2.42. The van der Waals surface area contributed by atoms with Gasteiger partial charge in [-0.15, -0.1) is 0 Å². The van der Waals surface area contributed by atoms with Gasteiger partial charge in [0, 0.05) is 51.0 Å². The number of hydrogen-bond acceptors (Lipinski definition) is 5. The van der Waals surface area contributed by atoms with Gasteiger partial charge in [0.2, 0.25) is 11.8 Å². The lowest BCUT2D eigenvalue weighted by Gasteiger charge is -2.33. The van der Waals surface area contributed by atoms with Gasteiger partial charge >= 0.3 is 0 Å². The monoisotopic (exact) mass is 424 g/mol. The van der Waals surface area contributed by atoms with Crippen LogP contribution in [0, 0.1) is 5.92 Å². The molecule has 2 saturated heterocycles. The molecule has 0 aliphatic carbocycles. The lowest BCUT2D eigenvalue weighted by atomic mass is 9.89. The number of fused-ring (bicyclic) bond motifs is 1. The number of nitrogens with two attached hydrogens (primary N) is 1. The van der Waals surface area contributed by atoms with E-state index in [0.717, 1.165) is 16.6 Å². The van der Waals surface area contributed by atoms with Crippen LogP contribution >= 0.6 is 0 Å². The molecule has 2 N–H and O–H groups in total. The molecule has 0 radical (unpaired) electrons. The topological polar surface area (TPSA) is 106 Å². The van der Waals surface area contributed by atoms with Gasteiger partial charge in [-0.3, -0.25) is 19.4 Å². The van der Waals surface area contributed by atoms with Gasteiger partial charge in [0.05, 0.1) is 29.3 Å². The number of likely N-dealkylation sites (tertiary alicyclic amines) is 2. The summed E-state index contributed by atoms with van der Waals surface area (Å²) >= 11 is 0. The zero-order valence-corrected chi connectivity index (χ0v) is 17.8. The Labute approximate surface area is 181 Å². The van der Waals surface area contributed by atoms with Crippen molar-refractivity contribution in [2.45, 2.75) is 25.2 Å². The van der Waals surface area contributed by atoms with Gasteiger partial charge in [-0.2, -0.15) is 0 Å². The molecule has 8 nitrogen and oxygen atoms in total. The van der Waals surface area contributed by atoms with Gasteiger partial charge in [0.15, 0.2) is 0 Å². The molecule has 1 aromatic carbocycles. The highest BCUT2D eigenvalue weighted by atomic mass is 16.5. The molecule has 2 aromatic rings. The summed E-state index contributed by atoms with van der Waals surface area (Å²) in [5.74, 6) is -0.655. The molecular formula is C23H28N4O4. The van der Waals surface area contributed by atoms with E-state index in [0.29, 0.717) is 51.2 Å². The highest BCUT2D eigenvalue weighted by Crippen LogP contribution is 2.32. The Morgan fingerprint density at radius 3 is 2.68 bits per heavy atom. The zero-order chi connectivity index (χ0) is 22.0. The van der Waals surface area contributed by atoms with Gasteiger partial charge < -0.3 is 20.3 Å². The van der Waals surface area contributed by atoms with Crippen LogP contribution in [-0.2, 0) is 14.3 Å². The Bertz CT molecular complexity index is 1000. The van der Waals surface area contributed by atoms with Crippen molar-refractivity contribution in [3.63, 3.8) is 0 Å². The van der Waals surface area contributed by atoms with E-state index in [2.05, 4.69) is 0 Å². The van der Waals surface area contributed by atoms with Crippen LogP contribution in [0.3, 0.4) is 0 Å². The average molecular weight is 425 g/mol. The van der Waals surface area contributed by atoms with Crippen LogP contribution in [0.4, 0.5) is 0 Å². The number of para-hydroxylation sites is 1. The summed E-state index contributed by atoms with van der Waals surface area (Å²) in [4.78, 5) is 45.5. The summed E-state index contributed by atoms with van der Waals surface area (Å²) < 4.78 is 5.04. The van der Waals surface area contributed by atoms with Gasteiger partial charge in [-0.1, -0.05) is 18.2 Å². The molecule has 0 saturated carbocycles. The van der Waals surface area contributed by atoms with E-state index in [1.165, 1.54) is 0 Å². The van der Waals surface area contributed by atoms with E-state index < -0.39 is 5.91 Å². The first kappa shape index (κ1) is 21.2. The molecule has 8 heteroatoms. The predicted octanol–water partition coefficient (Wildman–Crippen LogP) is 1.53. The molecule has 1 aromatic heterocycles. The van der Waals surface area contributed by atoms with Crippen LogP contribution < -0.4 is 5.73 Å². The molecule has 1 unspecified atom stereocenters. The van der Waals surface area contributed by atoms with Crippen molar-refractivity contribution in [2.24, 2.45) is 11.7 Å². The average Bonchev–Trinajstić information content (AvgIpc) is 3.16. The molecule has 2 fully saturated rings. The standard InChI is InChI=1S/C23H28N4O4/c1-31-11-10-27-14-17(13-20(27)28)23(30)26-8-6-15(7-9-26)21-18(22(24)29)12-16-4-2-3-5-19(16)25-21/h2-5,12,15,17H,6-11,13-14H2,1H3,(H2,24,29). The van der Waals surface area contributed by atoms with Crippen molar-refractivity contribution in [2.75, 3.05) is 39.9 Å². The maximum Gasteiger partial charge on any atom is 0.250 e. The molecule has 164 valence electrons. The number of methoxy groups -OCH3 is 1. The number of nitrogens with zero attached hydrogens (tertiary/aromatic N) is 3. The first-order valence-corrected chi connectivity index (χ1v) is 10.7. The number of primary amides is 1. The summed E-state index contributed by atoms with van der Waals surface area (Å²) in [6.07, 6.45) is 1.69. The minimum Gasteiger partial charge on any atom is -0.383 e. The van der Waals surface area contributed by atoms with Gasteiger partial charge in [-0.05, 0) is 25.0 Å². The van der Waals surface area contributed by atoms with Crippen LogP contribution in [0.5, 0.6) is 0 Å². The third kappa shape index (κ3) is 4.39. The summed E-state index contributed by atoms with van der Waals surface area (Å²) in [7, 11) is 1.60. The molecule has 0 bridgehead atoms. The second-order valence-electron chi connectivity index (χ2n) is 8.31. The van der Waals surface area contributed by atoms with E-state index in [4.69, 9.17) is 15.5 Å². The van der Waals surface area contributed by atoms with Crippen molar-refractivity contribution < 1.29 is 19.1 Å². The van der Waals surface area contributed by atoms with Crippen molar-refractivity contribution in [3.8, 4) is 0 Å². The van der Waals surface area contributed by atoms with Gasteiger partial charge in [-0.25, -0.2) is 0 Å². The zero-order valence-electron chi connectivity index (χ0n) is 17.8. The largest absolute Gasteiger partial charge is 0.383 e. The van der Waals surface area contributed by atoms with E-state index in [9.17, 15) is 14.4 Å². The van der Waals surface area contributed by atoms with Crippen molar-refractivity contribution in [1.29, 1.82) is 0 Å². The maximum atomic E-state index is 13.0. The minimum atomic E-state index is -0.479. The number of piperidine rings is 1. The second-order valence-corrected chi connectivity index (χ2v) is 8.31. The molecule has 0 spiro atoms. The normalized spacial score (nSPS) is 19.9. The highest BCUT2D eigenvalue weighted by Gasteiger charge is 2.37. The van der Waals surface area contributed by atoms with Crippen molar-refractivity contribution in [3.05, 3.63) is 41.6 Å². The summed E-state index contributed by atoms with van der Waals surface area (Å²) in [6, 6.07) is 9.48. The SMILES string of the molecule is COCCN1CC(C(=O)N2CCC(c3nc4ccccc4cc3C(N)=O)CC2)CC1=O. The Morgan fingerprint density at radius 2 is 1.97 bits per heavy atom. The molecule has 2 aliphatic rings. The van der Waals surface area contributed by atoms with E-state index in [-0.39, 0.29) is 30.1 Å². The summed E-state index contributed by atoms with van der Waals surface area (Å²) in [6.45, 7) is 2.61. The Kier molecular flexibility index (Phi) is 6.18. The minimum absolute atomic E-state index is 0.0109. The lowest BCUT2D eigenvalue weighted by molar-refractivity contribution is -0.136. The van der Waals surface area contributed by atoms with E-state index >= 15 is 0 Å². The number of ether oxygens (including phenoxy) is 1. The number of hydrogen-bond donors (Lipinski definition) is 1. The highest BCUT2D eigenvalue weighted by molar-refractivity contribution is 5.98. The van der Waals surface area contributed by atoms with Crippen molar-refractivity contribution >= 4 is 28.6 Å². The van der Waals surface area contributed by atoms with Gasteiger partial charge in [0.1, 0.15) is 0 Å². The number of benzene rings is 1. The smallest absolute Gasteiger partial charge is 0.250 e. The Balaban J connectivity index is 1.43. The number of pyridine rings is 1. The molecule has 1 atom stereocenters. The number of amides is 3. The molecule has 3 amide bonds. The molecule has 31 heavy (non-hydrogen) atoms. The number of carbonyl (C=O) groups excluding carboxylic acids is 3. The second kappa shape index (κ2) is 9.01.